The maximum Gasteiger partial charge on any atom is 0.330 e. The van der Waals surface area contributed by atoms with E-state index in [0.29, 0.717) is 25.4 Å². The average molecular weight is 425 g/mol. The molecule has 30 heavy (non-hydrogen) atoms. The molecule has 0 aromatic heterocycles. The van der Waals surface area contributed by atoms with Crippen LogP contribution in [0.1, 0.15) is 69.8 Å². The summed E-state index contributed by atoms with van der Waals surface area (Å²) in [4.78, 5) is 12.1. The Kier molecular flexibility index (Phi) is 7.98. The second-order valence-electron chi connectivity index (χ2n) is 8.83. The van der Waals surface area contributed by atoms with Crippen LogP contribution < -0.4 is 0 Å². The van der Waals surface area contributed by atoms with Crippen LogP contribution in [0, 0.1) is 28.8 Å². The number of esters is 1. The Balaban J connectivity index is 1.42. The molecule has 0 spiro atoms. The van der Waals surface area contributed by atoms with Crippen LogP contribution in [0.25, 0.3) is 0 Å². The van der Waals surface area contributed by atoms with E-state index in [2.05, 4.69) is 6.92 Å². The van der Waals surface area contributed by atoms with Gasteiger partial charge in [-0.3, -0.25) is 0 Å². The van der Waals surface area contributed by atoms with Gasteiger partial charge < -0.3 is 9.47 Å². The highest BCUT2D eigenvalue weighted by Crippen LogP contribution is 2.37. The van der Waals surface area contributed by atoms with Gasteiger partial charge in [0.05, 0.1) is 18.6 Å². The molecule has 0 radical (unpaired) electrons. The van der Waals surface area contributed by atoms with Crippen LogP contribution in [0.2, 0.25) is 0 Å². The molecule has 0 amide bonds. The zero-order valence-corrected chi connectivity index (χ0v) is 17.6. The fraction of sp³-hybridized carbons (Fsp3) is 0.625. The van der Waals surface area contributed by atoms with Crippen molar-refractivity contribution in [2.75, 3.05) is 19.8 Å². The van der Waals surface area contributed by atoms with Gasteiger partial charge in [0.25, 0.3) is 0 Å². The van der Waals surface area contributed by atoms with Crippen molar-refractivity contribution in [2.24, 2.45) is 11.3 Å². The van der Waals surface area contributed by atoms with Gasteiger partial charge >= 0.3 is 5.97 Å². The maximum absolute atomic E-state index is 13.5. The number of ether oxygens (including phenoxy) is 2. The maximum atomic E-state index is 13.5. The monoisotopic (exact) mass is 424 g/mol. The topological polar surface area (TPSA) is 35.5 Å². The molecule has 1 aliphatic heterocycles. The van der Waals surface area contributed by atoms with Crippen LogP contribution in [0.15, 0.2) is 24.3 Å². The lowest BCUT2D eigenvalue weighted by Gasteiger charge is -2.40. The Morgan fingerprint density at radius 2 is 1.80 bits per heavy atom. The van der Waals surface area contributed by atoms with Gasteiger partial charge in [0.2, 0.25) is 0 Å². The predicted octanol–water partition coefficient (Wildman–Crippen LogP) is 6.07. The van der Waals surface area contributed by atoms with E-state index in [1.807, 2.05) is 6.08 Å². The fourth-order valence-electron chi connectivity index (χ4n) is 4.38. The summed E-state index contributed by atoms with van der Waals surface area (Å²) in [5, 5.41) is 0. The van der Waals surface area contributed by atoms with Crippen molar-refractivity contribution in [1.29, 1.82) is 0 Å². The number of unbranched alkanes of at least 4 members (excludes halogenated alkanes) is 2. The Morgan fingerprint density at radius 1 is 1.13 bits per heavy atom. The minimum atomic E-state index is -1.42. The number of benzene rings is 1. The number of hydrogen-bond acceptors (Lipinski definition) is 3. The molecule has 1 heterocycles. The summed E-state index contributed by atoms with van der Waals surface area (Å²) in [7, 11) is 0. The highest BCUT2D eigenvalue weighted by Gasteiger charge is 2.39. The van der Waals surface area contributed by atoms with Gasteiger partial charge in [-0.05, 0) is 61.6 Å². The molecule has 0 unspecified atom stereocenters. The lowest BCUT2D eigenvalue weighted by atomic mass is 9.78. The number of carbonyl (C=O) groups excluding carboxylic acids is 1. The van der Waals surface area contributed by atoms with E-state index in [1.54, 1.807) is 0 Å². The molecule has 6 heteroatoms. The molecule has 0 atom stereocenters. The Labute approximate surface area is 176 Å². The number of rotatable bonds is 9. The van der Waals surface area contributed by atoms with Gasteiger partial charge in [-0.25, -0.2) is 18.0 Å². The summed E-state index contributed by atoms with van der Waals surface area (Å²) in [6.07, 6.45) is 11.0. The summed E-state index contributed by atoms with van der Waals surface area (Å²) < 4.78 is 50.9. The number of hydrogen-bond donors (Lipinski definition) is 0. The Bertz CT molecular complexity index is 727. The fourth-order valence-corrected chi connectivity index (χ4v) is 4.38. The normalized spacial score (nSPS) is 23.3. The van der Waals surface area contributed by atoms with Crippen LogP contribution in [0.3, 0.4) is 0 Å². The number of allylic oxidation sites excluding steroid dienone is 1. The predicted molar refractivity (Wildman–Crippen MR) is 109 cm³/mol. The Morgan fingerprint density at radius 3 is 2.37 bits per heavy atom. The lowest BCUT2D eigenvalue weighted by Crippen LogP contribution is -2.46. The van der Waals surface area contributed by atoms with Gasteiger partial charge in [0, 0.05) is 6.08 Å². The molecular formula is C24H31F3O3. The van der Waals surface area contributed by atoms with E-state index in [4.69, 9.17) is 9.47 Å². The zero-order chi connectivity index (χ0) is 21.6. The van der Waals surface area contributed by atoms with Crippen molar-refractivity contribution < 1.29 is 27.4 Å². The molecule has 2 aliphatic rings. The van der Waals surface area contributed by atoms with Crippen LogP contribution in [0.5, 0.6) is 0 Å². The molecule has 1 saturated carbocycles. The van der Waals surface area contributed by atoms with Gasteiger partial charge in [-0.15, -0.1) is 0 Å². The SMILES string of the molecule is CCCCCC1(COC(=O)/C=C/C2CCC(c3cc(F)c(F)c(F)c3)CC2)COC1. The summed E-state index contributed by atoms with van der Waals surface area (Å²) in [5.41, 5.74) is 0.487. The van der Waals surface area contributed by atoms with Crippen LogP contribution in [-0.2, 0) is 14.3 Å². The van der Waals surface area contributed by atoms with Crippen molar-refractivity contribution in [3.63, 3.8) is 0 Å². The van der Waals surface area contributed by atoms with E-state index < -0.39 is 17.5 Å². The summed E-state index contributed by atoms with van der Waals surface area (Å²) in [5.74, 6) is -3.79. The molecule has 3 nitrogen and oxygen atoms in total. The van der Waals surface area contributed by atoms with Crippen molar-refractivity contribution >= 4 is 5.97 Å². The third-order valence-corrected chi connectivity index (χ3v) is 6.40. The average Bonchev–Trinajstić information content (AvgIpc) is 2.72. The second-order valence-corrected chi connectivity index (χ2v) is 8.83. The third kappa shape index (κ3) is 5.87. The Hall–Kier alpha value is -1.82. The third-order valence-electron chi connectivity index (χ3n) is 6.40. The molecule has 0 N–H and O–H groups in total. The molecule has 1 aliphatic carbocycles. The zero-order valence-electron chi connectivity index (χ0n) is 17.6. The lowest BCUT2D eigenvalue weighted by molar-refractivity contribution is -0.167. The quantitative estimate of drug-likeness (QED) is 0.209. The molecule has 0 bridgehead atoms. The number of halogens is 3. The first-order valence-corrected chi connectivity index (χ1v) is 11.0. The first-order chi connectivity index (χ1) is 14.4. The first-order valence-electron chi connectivity index (χ1n) is 11.0. The van der Waals surface area contributed by atoms with E-state index in [9.17, 15) is 18.0 Å². The van der Waals surface area contributed by atoms with Crippen molar-refractivity contribution in [2.45, 2.75) is 64.2 Å². The van der Waals surface area contributed by atoms with Crippen molar-refractivity contribution in [3.05, 3.63) is 47.3 Å². The molecule has 1 saturated heterocycles. The van der Waals surface area contributed by atoms with E-state index >= 15 is 0 Å². The summed E-state index contributed by atoms with van der Waals surface area (Å²) in [6, 6.07) is 2.19. The molecule has 2 fully saturated rings. The van der Waals surface area contributed by atoms with Crippen LogP contribution >= 0.6 is 0 Å². The van der Waals surface area contributed by atoms with Gasteiger partial charge in [0.15, 0.2) is 17.5 Å². The van der Waals surface area contributed by atoms with Crippen molar-refractivity contribution in [3.8, 4) is 0 Å². The standard InChI is InChI=1S/C24H31F3O3/c1-2-3-4-11-24(14-29-15-24)16-30-22(28)10-7-17-5-8-18(9-6-17)19-12-20(25)23(27)21(26)13-19/h7,10,12-13,17-18H,2-6,8-9,11,14-16H2,1H3/b10-7+. The van der Waals surface area contributed by atoms with Crippen LogP contribution in [-0.4, -0.2) is 25.8 Å². The number of carbonyl (C=O) groups is 1. The first kappa shape index (κ1) is 22.9. The highest BCUT2D eigenvalue weighted by molar-refractivity contribution is 5.81. The molecule has 1 aromatic carbocycles. The second kappa shape index (κ2) is 10.5. The summed E-state index contributed by atoms with van der Waals surface area (Å²) >= 11 is 0. The minimum Gasteiger partial charge on any atom is -0.462 e. The van der Waals surface area contributed by atoms with Crippen LogP contribution in [0.4, 0.5) is 13.2 Å². The van der Waals surface area contributed by atoms with E-state index in [-0.39, 0.29) is 23.2 Å². The van der Waals surface area contributed by atoms with E-state index in [0.717, 1.165) is 57.1 Å². The molecule has 1 aromatic rings. The highest BCUT2D eigenvalue weighted by atomic mass is 19.2. The van der Waals surface area contributed by atoms with E-state index in [1.165, 1.54) is 12.5 Å². The smallest absolute Gasteiger partial charge is 0.330 e. The minimum absolute atomic E-state index is 0.00722. The van der Waals surface area contributed by atoms with Gasteiger partial charge in [-0.1, -0.05) is 32.3 Å². The molecule has 3 rings (SSSR count). The van der Waals surface area contributed by atoms with Gasteiger partial charge in [-0.2, -0.15) is 0 Å². The summed E-state index contributed by atoms with van der Waals surface area (Å²) in [6.45, 7) is 3.87. The van der Waals surface area contributed by atoms with Crippen molar-refractivity contribution in [1.82, 2.24) is 0 Å². The largest absolute Gasteiger partial charge is 0.462 e. The van der Waals surface area contributed by atoms with Gasteiger partial charge in [0.1, 0.15) is 6.61 Å². The molecule has 166 valence electrons. The molecular weight excluding hydrogens is 393 g/mol.